The molecule has 1 aliphatic rings. The van der Waals surface area contributed by atoms with Crippen molar-refractivity contribution < 1.29 is 14.3 Å². The number of halogens is 2. The molecular weight excluding hydrogens is 387 g/mol. The van der Waals surface area contributed by atoms with E-state index in [1.807, 2.05) is 12.1 Å². The molecule has 0 radical (unpaired) electrons. The Kier molecular flexibility index (Phi) is 6.24. The quantitative estimate of drug-likeness (QED) is 0.744. The maximum absolute atomic E-state index is 12.9. The second-order valence-electron chi connectivity index (χ2n) is 6.49. The van der Waals surface area contributed by atoms with E-state index >= 15 is 0 Å². The summed E-state index contributed by atoms with van der Waals surface area (Å²) in [5.74, 6) is 0.299. The molecule has 0 spiro atoms. The van der Waals surface area contributed by atoms with Gasteiger partial charge in [0.15, 0.2) is 0 Å². The molecule has 0 saturated carbocycles. The maximum atomic E-state index is 12.9. The largest absolute Gasteiger partial charge is 0.415 e. The molecule has 27 heavy (non-hydrogen) atoms. The zero-order chi connectivity index (χ0) is 19.4. The highest BCUT2D eigenvalue weighted by Crippen LogP contribution is 2.23. The number of rotatable bonds is 4. The third kappa shape index (κ3) is 4.93. The summed E-state index contributed by atoms with van der Waals surface area (Å²) in [5.41, 5.74) is 0.975. The predicted molar refractivity (Wildman–Crippen MR) is 105 cm³/mol. The Balaban J connectivity index is 1.63. The summed E-state index contributed by atoms with van der Waals surface area (Å²) in [7, 11) is 1.73. The van der Waals surface area contributed by atoms with Crippen molar-refractivity contribution in [3.63, 3.8) is 0 Å². The lowest BCUT2D eigenvalue weighted by Gasteiger charge is -2.27. The maximum Gasteiger partial charge on any atom is 0.415 e. The Morgan fingerprint density at radius 3 is 2.30 bits per heavy atom. The lowest BCUT2D eigenvalue weighted by molar-refractivity contribution is -0.134. The summed E-state index contributed by atoms with van der Waals surface area (Å²) in [6.45, 7) is 0.949. The lowest BCUT2D eigenvalue weighted by atomic mass is 10.1. The summed E-state index contributed by atoms with van der Waals surface area (Å²) in [6, 6.07) is 13.4. The molecule has 0 bridgehead atoms. The summed E-state index contributed by atoms with van der Waals surface area (Å²) in [6.07, 6.45) is 0.869. The second kappa shape index (κ2) is 8.63. The molecule has 1 unspecified atom stereocenters. The molecule has 2 aromatic carbocycles. The SMILES string of the molecule is CN(Cc1ccc(Cl)cc1)C(=O)C1CCCN1C(=O)Oc1ccc(Cl)cc1. The van der Waals surface area contributed by atoms with Crippen LogP contribution in [0, 0.1) is 0 Å². The average molecular weight is 407 g/mol. The van der Waals surface area contributed by atoms with Gasteiger partial charge in [0.1, 0.15) is 11.8 Å². The van der Waals surface area contributed by atoms with E-state index in [4.69, 9.17) is 27.9 Å². The first kappa shape index (κ1) is 19.5. The molecule has 3 rings (SSSR count). The van der Waals surface area contributed by atoms with Gasteiger partial charge in [0.25, 0.3) is 0 Å². The van der Waals surface area contributed by atoms with E-state index in [0.717, 1.165) is 12.0 Å². The number of hydrogen-bond acceptors (Lipinski definition) is 3. The number of carbonyl (C=O) groups is 2. The predicted octanol–water partition coefficient (Wildman–Crippen LogP) is 4.62. The molecule has 1 aliphatic heterocycles. The number of benzene rings is 2. The standard InChI is InChI=1S/C20H20Cl2N2O3/c1-23(13-14-4-6-15(21)7-5-14)19(25)18-3-2-12-24(18)20(26)27-17-10-8-16(22)9-11-17/h4-11,18H,2-3,12-13H2,1H3. The molecule has 1 saturated heterocycles. The highest BCUT2D eigenvalue weighted by atomic mass is 35.5. The summed E-state index contributed by atoms with van der Waals surface area (Å²) >= 11 is 11.7. The van der Waals surface area contributed by atoms with Gasteiger partial charge in [-0.25, -0.2) is 4.79 Å². The zero-order valence-electron chi connectivity index (χ0n) is 14.9. The van der Waals surface area contributed by atoms with Crippen LogP contribution in [0.25, 0.3) is 0 Å². The monoisotopic (exact) mass is 406 g/mol. The van der Waals surface area contributed by atoms with Crippen LogP contribution >= 0.6 is 23.2 Å². The number of hydrogen-bond donors (Lipinski definition) is 0. The van der Waals surface area contributed by atoms with Crippen molar-refractivity contribution in [1.29, 1.82) is 0 Å². The van der Waals surface area contributed by atoms with E-state index in [2.05, 4.69) is 0 Å². The van der Waals surface area contributed by atoms with Crippen molar-refractivity contribution in [2.45, 2.75) is 25.4 Å². The number of likely N-dealkylation sites (N-methyl/N-ethyl adjacent to an activating group) is 1. The molecule has 7 heteroatoms. The number of ether oxygens (including phenoxy) is 1. The molecule has 1 atom stereocenters. The van der Waals surface area contributed by atoms with Crippen LogP contribution in [0.4, 0.5) is 4.79 Å². The van der Waals surface area contributed by atoms with Crippen molar-refractivity contribution in [3.8, 4) is 5.75 Å². The molecule has 142 valence electrons. The third-order valence-corrected chi connectivity index (χ3v) is 5.00. The Morgan fingerprint density at radius 1 is 1.07 bits per heavy atom. The number of amides is 2. The Hall–Kier alpha value is -2.24. The minimum Gasteiger partial charge on any atom is -0.410 e. The smallest absolute Gasteiger partial charge is 0.410 e. The van der Waals surface area contributed by atoms with Crippen molar-refractivity contribution in [3.05, 3.63) is 64.1 Å². The fourth-order valence-electron chi connectivity index (χ4n) is 3.10. The number of likely N-dealkylation sites (tertiary alicyclic amines) is 1. The van der Waals surface area contributed by atoms with Crippen LogP contribution in [0.1, 0.15) is 18.4 Å². The van der Waals surface area contributed by atoms with Crippen LogP contribution in [0.5, 0.6) is 5.75 Å². The summed E-state index contributed by atoms with van der Waals surface area (Å²) in [4.78, 5) is 28.5. The van der Waals surface area contributed by atoms with E-state index in [9.17, 15) is 9.59 Å². The second-order valence-corrected chi connectivity index (χ2v) is 7.37. The molecule has 5 nitrogen and oxygen atoms in total. The molecule has 1 fully saturated rings. The van der Waals surface area contributed by atoms with E-state index < -0.39 is 12.1 Å². The van der Waals surface area contributed by atoms with Gasteiger partial charge in [-0.3, -0.25) is 9.69 Å². The van der Waals surface area contributed by atoms with Crippen molar-refractivity contribution in [2.24, 2.45) is 0 Å². The molecule has 2 aromatic rings. The van der Waals surface area contributed by atoms with Gasteiger partial charge in [-0.1, -0.05) is 35.3 Å². The van der Waals surface area contributed by atoms with Gasteiger partial charge in [0, 0.05) is 30.2 Å². The Labute approximate surface area is 168 Å². The van der Waals surface area contributed by atoms with Crippen molar-refractivity contribution in [2.75, 3.05) is 13.6 Å². The Morgan fingerprint density at radius 2 is 1.67 bits per heavy atom. The topological polar surface area (TPSA) is 49.9 Å². The Bertz CT molecular complexity index is 809. The van der Waals surface area contributed by atoms with Gasteiger partial charge in [0.05, 0.1) is 0 Å². The fraction of sp³-hybridized carbons (Fsp3) is 0.300. The van der Waals surface area contributed by atoms with Gasteiger partial charge < -0.3 is 9.64 Å². The van der Waals surface area contributed by atoms with Crippen LogP contribution < -0.4 is 4.74 Å². The molecule has 0 N–H and O–H groups in total. The van der Waals surface area contributed by atoms with Crippen LogP contribution in [0.15, 0.2) is 48.5 Å². The molecule has 2 amide bonds. The first-order valence-electron chi connectivity index (χ1n) is 8.67. The van der Waals surface area contributed by atoms with Gasteiger partial charge in [0.2, 0.25) is 5.91 Å². The highest BCUT2D eigenvalue weighted by Gasteiger charge is 2.36. The number of nitrogens with zero attached hydrogens (tertiary/aromatic N) is 2. The van der Waals surface area contributed by atoms with E-state index in [1.165, 1.54) is 4.90 Å². The minimum absolute atomic E-state index is 0.101. The van der Waals surface area contributed by atoms with E-state index in [1.54, 1.807) is 48.3 Å². The van der Waals surface area contributed by atoms with Crippen molar-refractivity contribution in [1.82, 2.24) is 9.80 Å². The highest BCUT2D eigenvalue weighted by molar-refractivity contribution is 6.30. The van der Waals surface area contributed by atoms with Gasteiger partial charge in [-0.2, -0.15) is 0 Å². The first-order chi connectivity index (χ1) is 12.9. The third-order valence-electron chi connectivity index (χ3n) is 4.50. The average Bonchev–Trinajstić information content (AvgIpc) is 3.14. The summed E-state index contributed by atoms with van der Waals surface area (Å²) < 4.78 is 5.39. The van der Waals surface area contributed by atoms with Crippen LogP contribution in [0.3, 0.4) is 0 Å². The van der Waals surface area contributed by atoms with Crippen LogP contribution in [0.2, 0.25) is 10.0 Å². The zero-order valence-corrected chi connectivity index (χ0v) is 16.4. The normalized spacial score (nSPS) is 16.3. The first-order valence-corrected chi connectivity index (χ1v) is 9.43. The summed E-state index contributed by atoms with van der Waals surface area (Å²) in [5, 5.41) is 1.22. The lowest BCUT2D eigenvalue weighted by Crippen LogP contribution is -2.47. The fourth-order valence-corrected chi connectivity index (χ4v) is 3.35. The van der Waals surface area contributed by atoms with Crippen LogP contribution in [-0.4, -0.2) is 41.4 Å². The van der Waals surface area contributed by atoms with Crippen molar-refractivity contribution >= 4 is 35.2 Å². The molecule has 0 aliphatic carbocycles. The van der Waals surface area contributed by atoms with Gasteiger partial charge in [-0.15, -0.1) is 0 Å². The minimum atomic E-state index is -0.520. The van der Waals surface area contributed by atoms with E-state index in [0.29, 0.717) is 35.3 Å². The van der Waals surface area contributed by atoms with Crippen LogP contribution in [-0.2, 0) is 11.3 Å². The van der Waals surface area contributed by atoms with E-state index in [-0.39, 0.29) is 5.91 Å². The molecule has 1 heterocycles. The number of carbonyl (C=O) groups excluding carboxylic acids is 2. The molecular formula is C20H20Cl2N2O3. The van der Waals surface area contributed by atoms with Gasteiger partial charge in [-0.05, 0) is 54.8 Å². The van der Waals surface area contributed by atoms with Gasteiger partial charge >= 0.3 is 6.09 Å². The molecule has 0 aromatic heterocycles.